The first-order valence-electron chi connectivity index (χ1n) is 10.8. The first-order valence-corrected chi connectivity index (χ1v) is 10.8. The third kappa shape index (κ3) is 4.04. The van der Waals surface area contributed by atoms with E-state index in [2.05, 4.69) is 18.7 Å². The highest BCUT2D eigenvalue weighted by Crippen LogP contribution is 2.23. The fourth-order valence-electron chi connectivity index (χ4n) is 4.95. The number of benzene rings is 1. The van der Waals surface area contributed by atoms with Gasteiger partial charge in [0.25, 0.3) is 17.8 Å². The lowest BCUT2D eigenvalue weighted by Crippen LogP contribution is -2.62. The van der Waals surface area contributed by atoms with Crippen LogP contribution < -0.4 is 0 Å². The van der Waals surface area contributed by atoms with E-state index in [-0.39, 0.29) is 18.2 Å². The molecule has 8 nitrogen and oxygen atoms in total. The molecule has 1 aromatic rings. The van der Waals surface area contributed by atoms with E-state index in [9.17, 15) is 14.4 Å². The highest BCUT2D eigenvalue weighted by molar-refractivity contribution is 6.23. The van der Waals surface area contributed by atoms with Gasteiger partial charge in [0.05, 0.1) is 0 Å². The molecule has 31 heavy (non-hydrogen) atoms. The maximum atomic E-state index is 13.1. The minimum absolute atomic E-state index is 0.0393. The zero-order chi connectivity index (χ0) is 22.3. The largest absolute Gasteiger partial charge is 0.333 e. The normalized spacial score (nSPS) is 27.0. The van der Waals surface area contributed by atoms with Gasteiger partial charge in [0.1, 0.15) is 13.1 Å². The van der Waals surface area contributed by atoms with Crippen molar-refractivity contribution < 1.29 is 19.0 Å². The van der Waals surface area contributed by atoms with Crippen molar-refractivity contribution >= 4 is 29.4 Å². The number of carbonyl (C=O) groups excluding carboxylic acids is 3. The topological polar surface area (TPSA) is 76.3 Å². The van der Waals surface area contributed by atoms with Crippen molar-refractivity contribution in [2.24, 2.45) is 16.8 Å². The number of amides is 3. The predicted molar refractivity (Wildman–Crippen MR) is 117 cm³/mol. The number of piperidine rings is 1. The van der Waals surface area contributed by atoms with E-state index in [1.165, 1.54) is 18.4 Å². The van der Waals surface area contributed by atoms with Crippen molar-refractivity contribution in [2.75, 3.05) is 40.3 Å². The summed E-state index contributed by atoms with van der Waals surface area (Å²) in [5.74, 6) is 1.81. The maximum absolute atomic E-state index is 13.1. The summed E-state index contributed by atoms with van der Waals surface area (Å²) >= 11 is 0. The quantitative estimate of drug-likeness (QED) is 0.531. The van der Waals surface area contributed by atoms with Gasteiger partial charge in [-0.3, -0.25) is 24.3 Å². The molecule has 0 radical (unpaired) electrons. The number of imide groups is 1. The Balaban J connectivity index is 1.68. The first kappa shape index (κ1) is 21.4. The lowest BCUT2D eigenvalue weighted by atomic mass is 9.92. The Morgan fingerprint density at radius 1 is 1.06 bits per heavy atom. The van der Waals surface area contributed by atoms with Gasteiger partial charge >= 0.3 is 11.9 Å². The van der Waals surface area contributed by atoms with E-state index < -0.39 is 12.1 Å². The van der Waals surface area contributed by atoms with Gasteiger partial charge < -0.3 is 0 Å². The number of rotatable bonds is 5. The van der Waals surface area contributed by atoms with Crippen LogP contribution in [0, 0.1) is 11.8 Å². The van der Waals surface area contributed by atoms with Gasteiger partial charge in [0, 0.05) is 32.7 Å². The van der Waals surface area contributed by atoms with Crippen LogP contribution in [-0.2, 0) is 4.79 Å². The van der Waals surface area contributed by atoms with E-state index in [0.29, 0.717) is 35.6 Å². The third-order valence-corrected chi connectivity index (χ3v) is 6.33. The summed E-state index contributed by atoms with van der Waals surface area (Å²) in [6.07, 6.45) is 1.19. The van der Waals surface area contributed by atoms with Crippen LogP contribution in [0.25, 0.3) is 0 Å². The summed E-state index contributed by atoms with van der Waals surface area (Å²) in [4.78, 5) is 48.1. The lowest BCUT2D eigenvalue weighted by Gasteiger charge is -2.33. The van der Waals surface area contributed by atoms with Crippen LogP contribution in [0.15, 0.2) is 35.3 Å². The number of aliphatic imine (C=N–C) groups is 1. The van der Waals surface area contributed by atoms with Gasteiger partial charge in [0.15, 0.2) is 0 Å². The molecule has 3 heterocycles. The molecule has 2 fully saturated rings. The fourth-order valence-corrected chi connectivity index (χ4v) is 4.95. The molecule has 0 saturated carbocycles. The molecular formula is C23H30N5O3+. The number of carbonyl (C=O) groups is 3. The Labute approximate surface area is 182 Å². The van der Waals surface area contributed by atoms with E-state index in [1.807, 2.05) is 18.2 Å². The monoisotopic (exact) mass is 424 g/mol. The molecule has 0 aliphatic carbocycles. The van der Waals surface area contributed by atoms with Crippen molar-refractivity contribution in [1.82, 2.24) is 14.7 Å². The van der Waals surface area contributed by atoms with Crippen molar-refractivity contribution in [1.29, 1.82) is 0 Å². The number of fused-ring (bicyclic) bond motifs is 1. The summed E-state index contributed by atoms with van der Waals surface area (Å²) in [6, 6.07) is 7.91. The summed E-state index contributed by atoms with van der Waals surface area (Å²) in [7, 11) is 3.10. The SMILES string of the molecule is CC1CC(C)CN(CC2=[N+](CC(=O)c3ccccc3)C3C(=O)N(C)C(=O)N(C)C3=N2)C1. The van der Waals surface area contributed by atoms with E-state index >= 15 is 0 Å². The number of likely N-dealkylation sites (N-methyl/N-ethyl adjacent to an activating group) is 2. The smallest absolute Gasteiger partial charge is 0.292 e. The standard InChI is InChI=1S/C23H30N5O3/c1-15-10-16(2)12-27(11-15)14-19-24-21-20(22(30)26(4)23(31)25(21)3)28(19)13-18(29)17-8-6-5-7-9-17/h5-9,15-16,20H,10-14H2,1-4H3/q+1. The van der Waals surface area contributed by atoms with Gasteiger partial charge in [-0.1, -0.05) is 44.2 Å². The van der Waals surface area contributed by atoms with Crippen LogP contribution in [0.1, 0.15) is 30.6 Å². The Kier molecular flexibility index (Phi) is 5.75. The Morgan fingerprint density at radius 3 is 2.35 bits per heavy atom. The molecular weight excluding hydrogens is 394 g/mol. The summed E-state index contributed by atoms with van der Waals surface area (Å²) < 4.78 is 1.79. The fraction of sp³-hybridized carbons (Fsp3) is 0.522. The zero-order valence-electron chi connectivity index (χ0n) is 18.6. The molecule has 164 valence electrons. The molecule has 0 bridgehead atoms. The number of hydrogen-bond acceptors (Lipinski definition) is 5. The molecule has 2 saturated heterocycles. The van der Waals surface area contributed by atoms with E-state index in [1.54, 1.807) is 23.8 Å². The highest BCUT2D eigenvalue weighted by atomic mass is 16.2. The summed E-state index contributed by atoms with van der Waals surface area (Å²) in [5, 5.41) is 0. The molecule has 4 rings (SSSR count). The molecule has 0 N–H and O–H groups in total. The van der Waals surface area contributed by atoms with E-state index in [0.717, 1.165) is 18.0 Å². The number of amidine groups is 2. The third-order valence-electron chi connectivity index (χ3n) is 6.33. The molecule has 3 unspecified atom stereocenters. The Bertz CT molecular complexity index is 961. The van der Waals surface area contributed by atoms with Crippen LogP contribution in [0.3, 0.4) is 0 Å². The van der Waals surface area contributed by atoms with Crippen LogP contribution in [0.5, 0.6) is 0 Å². The number of hydrogen-bond donors (Lipinski definition) is 0. The van der Waals surface area contributed by atoms with Gasteiger partial charge in [-0.05, 0) is 23.2 Å². The van der Waals surface area contributed by atoms with Crippen molar-refractivity contribution in [3.63, 3.8) is 0 Å². The summed E-state index contributed by atoms with van der Waals surface area (Å²) in [6.45, 7) is 6.98. The van der Waals surface area contributed by atoms with E-state index in [4.69, 9.17) is 4.99 Å². The average molecular weight is 425 g/mol. The number of urea groups is 1. The first-order chi connectivity index (χ1) is 14.8. The maximum Gasteiger partial charge on any atom is 0.333 e. The average Bonchev–Trinajstić information content (AvgIpc) is 3.08. The van der Waals surface area contributed by atoms with Crippen LogP contribution in [0.2, 0.25) is 0 Å². The Hall–Kier alpha value is -2.87. The predicted octanol–water partition coefficient (Wildman–Crippen LogP) is 1.56. The number of ketones is 1. The molecule has 0 aromatic heterocycles. The van der Waals surface area contributed by atoms with Crippen LogP contribution in [0.4, 0.5) is 4.79 Å². The van der Waals surface area contributed by atoms with Gasteiger partial charge in [-0.2, -0.15) is 0 Å². The molecule has 3 amide bonds. The number of likely N-dealkylation sites (tertiary alicyclic amines) is 1. The molecule has 3 aliphatic rings. The van der Waals surface area contributed by atoms with Gasteiger partial charge in [0.2, 0.25) is 5.78 Å². The molecule has 1 aromatic carbocycles. The van der Waals surface area contributed by atoms with Crippen molar-refractivity contribution in [2.45, 2.75) is 26.3 Å². The second-order valence-electron chi connectivity index (χ2n) is 9.08. The number of nitrogens with zero attached hydrogens (tertiary/aromatic N) is 5. The zero-order valence-corrected chi connectivity index (χ0v) is 18.6. The van der Waals surface area contributed by atoms with Crippen molar-refractivity contribution in [3.05, 3.63) is 35.9 Å². The molecule has 0 spiro atoms. The second kappa shape index (κ2) is 8.34. The molecule has 8 heteroatoms. The van der Waals surface area contributed by atoms with Crippen LogP contribution >= 0.6 is 0 Å². The van der Waals surface area contributed by atoms with Crippen molar-refractivity contribution in [3.8, 4) is 0 Å². The van der Waals surface area contributed by atoms with Crippen LogP contribution in [-0.4, -0.2) is 95.0 Å². The molecule has 3 aliphatic heterocycles. The number of Topliss-reactive ketones (excluding diaryl/α,β-unsaturated/α-hetero) is 1. The van der Waals surface area contributed by atoms with Gasteiger partial charge in [-0.25, -0.2) is 9.37 Å². The second-order valence-corrected chi connectivity index (χ2v) is 9.08. The minimum atomic E-state index is -0.755. The minimum Gasteiger partial charge on any atom is -0.292 e. The summed E-state index contributed by atoms with van der Waals surface area (Å²) in [5.41, 5.74) is 0.594. The highest BCUT2D eigenvalue weighted by Gasteiger charge is 2.53. The lowest BCUT2D eigenvalue weighted by molar-refractivity contribution is -0.523. The van der Waals surface area contributed by atoms with Gasteiger partial charge in [-0.15, -0.1) is 0 Å². The molecule has 3 atom stereocenters. The Morgan fingerprint density at radius 2 is 1.71 bits per heavy atom.